The van der Waals surface area contributed by atoms with Crippen LogP contribution in [-0.2, 0) is 11.1 Å². The van der Waals surface area contributed by atoms with E-state index in [1.165, 1.54) is 19.9 Å². The summed E-state index contributed by atoms with van der Waals surface area (Å²) in [6, 6.07) is 2.08. The molecule has 1 nitrogen and oxygen atoms in total. The van der Waals surface area contributed by atoms with Gasteiger partial charge in [-0.2, -0.15) is 0 Å². The standard InChI is InChI=1S/C14H18F3N/c1-8(18)14(4-5-14)10-6-9(13(2,3)17)7-11(15)12(10)16/h6-8H,4-5,18H2,1-3H3. The van der Waals surface area contributed by atoms with Crippen molar-refractivity contribution in [3.05, 3.63) is 34.9 Å². The summed E-state index contributed by atoms with van der Waals surface area (Å²) in [6.07, 6.45) is 1.44. The Hall–Kier alpha value is -1.03. The third-order valence-corrected chi connectivity index (χ3v) is 3.91. The average Bonchev–Trinajstić information content (AvgIpc) is 3.01. The maximum atomic E-state index is 13.9. The van der Waals surface area contributed by atoms with E-state index >= 15 is 0 Å². The van der Waals surface area contributed by atoms with Crippen molar-refractivity contribution in [2.75, 3.05) is 0 Å². The molecule has 1 saturated carbocycles. The first-order chi connectivity index (χ1) is 8.18. The zero-order valence-electron chi connectivity index (χ0n) is 10.9. The average molecular weight is 257 g/mol. The molecule has 1 aliphatic carbocycles. The van der Waals surface area contributed by atoms with E-state index in [2.05, 4.69) is 0 Å². The molecule has 1 unspecified atom stereocenters. The van der Waals surface area contributed by atoms with Gasteiger partial charge in [0.1, 0.15) is 5.67 Å². The summed E-state index contributed by atoms with van der Waals surface area (Å²) in [7, 11) is 0. The molecule has 18 heavy (non-hydrogen) atoms. The number of hydrogen-bond donors (Lipinski definition) is 1. The van der Waals surface area contributed by atoms with E-state index in [1.807, 2.05) is 0 Å². The summed E-state index contributed by atoms with van der Waals surface area (Å²) >= 11 is 0. The Balaban J connectivity index is 2.58. The van der Waals surface area contributed by atoms with Crippen LogP contribution in [-0.4, -0.2) is 6.04 Å². The molecule has 1 aromatic carbocycles. The molecule has 0 spiro atoms. The van der Waals surface area contributed by atoms with Crippen LogP contribution in [0.25, 0.3) is 0 Å². The number of nitrogens with two attached hydrogens (primary N) is 1. The van der Waals surface area contributed by atoms with Crippen molar-refractivity contribution in [1.82, 2.24) is 0 Å². The van der Waals surface area contributed by atoms with Gasteiger partial charge < -0.3 is 5.73 Å². The number of hydrogen-bond acceptors (Lipinski definition) is 1. The van der Waals surface area contributed by atoms with Crippen LogP contribution in [0.15, 0.2) is 12.1 Å². The van der Waals surface area contributed by atoms with Gasteiger partial charge in [0.2, 0.25) is 0 Å². The van der Waals surface area contributed by atoms with Gasteiger partial charge in [0.15, 0.2) is 11.6 Å². The number of benzene rings is 1. The van der Waals surface area contributed by atoms with Crippen molar-refractivity contribution in [1.29, 1.82) is 0 Å². The van der Waals surface area contributed by atoms with Crippen LogP contribution in [0.5, 0.6) is 0 Å². The third kappa shape index (κ3) is 2.03. The van der Waals surface area contributed by atoms with Crippen LogP contribution in [0.3, 0.4) is 0 Å². The van der Waals surface area contributed by atoms with Crippen LogP contribution in [0.4, 0.5) is 13.2 Å². The highest BCUT2D eigenvalue weighted by atomic mass is 19.2. The van der Waals surface area contributed by atoms with Crippen molar-refractivity contribution in [3.8, 4) is 0 Å². The lowest BCUT2D eigenvalue weighted by molar-refractivity contribution is 0.220. The Morgan fingerprint density at radius 2 is 1.83 bits per heavy atom. The Bertz CT molecular complexity index is 471. The van der Waals surface area contributed by atoms with Crippen molar-refractivity contribution in [2.24, 2.45) is 5.73 Å². The lowest BCUT2D eigenvalue weighted by Crippen LogP contribution is -2.33. The molecule has 1 aliphatic rings. The predicted octanol–water partition coefficient (Wildman–Crippen LogP) is 3.55. The summed E-state index contributed by atoms with van der Waals surface area (Å²) in [5.41, 5.74) is 4.02. The third-order valence-electron chi connectivity index (χ3n) is 3.91. The zero-order valence-corrected chi connectivity index (χ0v) is 10.9. The molecule has 1 atom stereocenters. The minimum Gasteiger partial charge on any atom is -0.327 e. The second kappa shape index (κ2) is 3.98. The minimum atomic E-state index is -1.70. The molecule has 2 rings (SSSR count). The number of halogens is 3. The van der Waals surface area contributed by atoms with Gasteiger partial charge in [0.25, 0.3) is 0 Å². The van der Waals surface area contributed by atoms with Crippen molar-refractivity contribution in [2.45, 2.75) is 50.7 Å². The SMILES string of the molecule is CC(N)C1(c2cc(C(C)(C)F)cc(F)c2F)CC1. The van der Waals surface area contributed by atoms with Gasteiger partial charge >= 0.3 is 0 Å². The molecule has 0 amide bonds. The number of rotatable bonds is 3. The van der Waals surface area contributed by atoms with Crippen LogP contribution in [0.1, 0.15) is 44.7 Å². The van der Waals surface area contributed by atoms with Gasteiger partial charge in [0.05, 0.1) is 0 Å². The molecule has 0 aromatic heterocycles. The second-order valence-corrected chi connectivity index (χ2v) is 5.74. The van der Waals surface area contributed by atoms with E-state index in [0.29, 0.717) is 0 Å². The summed E-state index contributed by atoms with van der Waals surface area (Å²) in [5, 5.41) is 0. The van der Waals surface area contributed by atoms with E-state index in [4.69, 9.17) is 5.73 Å². The molecule has 0 radical (unpaired) electrons. The maximum Gasteiger partial charge on any atom is 0.162 e. The second-order valence-electron chi connectivity index (χ2n) is 5.74. The van der Waals surface area contributed by atoms with Crippen molar-refractivity contribution >= 4 is 0 Å². The normalized spacial score (nSPS) is 19.7. The van der Waals surface area contributed by atoms with E-state index in [-0.39, 0.29) is 17.2 Å². The first kappa shape index (κ1) is 13.4. The van der Waals surface area contributed by atoms with Crippen molar-refractivity contribution < 1.29 is 13.2 Å². The topological polar surface area (TPSA) is 26.0 Å². The Kier molecular flexibility index (Phi) is 2.97. The van der Waals surface area contributed by atoms with E-state index in [1.54, 1.807) is 6.92 Å². The van der Waals surface area contributed by atoms with E-state index in [0.717, 1.165) is 18.9 Å². The number of alkyl halides is 1. The molecule has 0 bridgehead atoms. The smallest absolute Gasteiger partial charge is 0.162 e. The summed E-state index contributed by atoms with van der Waals surface area (Å²) < 4.78 is 41.4. The molecule has 1 aromatic rings. The van der Waals surface area contributed by atoms with E-state index < -0.39 is 22.7 Å². The molecule has 0 saturated heterocycles. The van der Waals surface area contributed by atoms with Crippen molar-refractivity contribution in [3.63, 3.8) is 0 Å². The fourth-order valence-electron chi connectivity index (χ4n) is 2.40. The first-order valence-electron chi connectivity index (χ1n) is 6.13. The summed E-state index contributed by atoms with van der Waals surface area (Å²) in [6.45, 7) is 4.43. The highest BCUT2D eigenvalue weighted by Gasteiger charge is 2.50. The molecular formula is C14H18F3N. The molecule has 1 fully saturated rings. The van der Waals surface area contributed by atoms with Gasteiger partial charge in [-0.3, -0.25) is 0 Å². The highest BCUT2D eigenvalue weighted by molar-refractivity contribution is 5.40. The maximum absolute atomic E-state index is 13.9. The quantitative estimate of drug-likeness (QED) is 0.880. The largest absolute Gasteiger partial charge is 0.327 e. The van der Waals surface area contributed by atoms with Crippen LogP contribution in [0, 0.1) is 11.6 Å². The van der Waals surface area contributed by atoms with Crippen LogP contribution >= 0.6 is 0 Å². The fourth-order valence-corrected chi connectivity index (χ4v) is 2.40. The summed E-state index contributed by atoms with van der Waals surface area (Å²) in [5.74, 6) is -1.89. The van der Waals surface area contributed by atoms with Crippen LogP contribution in [0.2, 0.25) is 0 Å². The van der Waals surface area contributed by atoms with E-state index in [9.17, 15) is 13.2 Å². The first-order valence-corrected chi connectivity index (χ1v) is 6.13. The Morgan fingerprint density at radius 3 is 2.22 bits per heavy atom. The molecule has 2 N–H and O–H groups in total. The van der Waals surface area contributed by atoms with Gasteiger partial charge in [-0.25, -0.2) is 13.2 Å². The molecule has 100 valence electrons. The molecule has 0 heterocycles. The van der Waals surface area contributed by atoms with Gasteiger partial charge in [-0.1, -0.05) is 0 Å². The lowest BCUT2D eigenvalue weighted by Gasteiger charge is -2.24. The summed E-state index contributed by atoms with van der Waals surface area (Å²) in [4.78, 5) is 0. The van der Waals surface area contributed by atoms with Crippen LogP contribution < -0.4 is 5.73 Å². The van der Waals surface area contributed by atoms with Gasteiger partial charge in [-0.15, -0.1) is 0 Å². The highest BCUT2D eigenvalue weighted by Crippen LogP contribution is 2.52. The molecular weight excluding hydrogens is 239 g/mol. The molecule has 0 aliphatic heterocycles. The molecule has 4 heteroatoms. The Labute approximate surface area is 105 Å². The lowest BCUT2D eigenvalue weighted by atomic mass is 9.86. The fraction of sp³-hybridized carbons (Fsp3) is 0.571. The van der Waals surface area contributed by atoms with Gasteiger partial charge in [-0.05, 0) is 56.9 Å². The zero-order chi connectivity index (χ0) is 13.7. The predicted molar refractivity (Wildman–Crippen MR) is 65.1 cm³/mol. The minimum absolute atomic E-state index is 0.156. The van der Waals surface area contributed by atoms with Gasteiger partial charge in [0, 0.05) is 11.5 Å². The Morgan fingerprint density at radius 1 is 1.28 bits per heavy atom. The monoisotopic (exact) mass is 257 g/mol.